The molecule has 9 rings (SSSR count). The third-order valence-electron chi connectivity index (χ3n) is 10.2. The number of carbonyl (C=O) groups is 1. The van der Waals surface area contributed by atoms with Crippen molar-refractivity contribution in [1.82, 2.24) is 25.3 Å². The molecule has 14 heteroatoms. The zero-order valence-corrected chi connectivity index (χ0v) is 29.9. The average Bonchev–Trinajstić information content (AvgIpc) is 3.81. The van der Waals surface area contributed by atoms with Crippen LogP contribution in [0.2, 0.25) is 0 Å². The van der Waals surface area contributed by atoms with Gasteiger partial charge in [-0.25, -0.2) is 32.9 Å². The van der Waals surface area contributed by atoms with Crippen molar-refractivity contribution in [3.63, 3.8) is 0 Å². The Balaban J connectivity index is 0.00000406. The molecule has 0 spiro atoms. The molecule has 0 unspecified atom stereocenters. The van der Waals surface area contributed by atoms with Gasteiger partial charge in [0.15, 0.2) is 0 Å². The molecule has 0 radical (unpaired) electrons. The number of aromatic carboxylic acids is 1. The number of carboxylic acid groups (broad SMARTS) is 1. The number of rotatable bonds is 14. The number of aryl methyl sites for hydroxylation is 2. The smallest absolute Gasteiger partial charge is 0.335 e. The Morgan fingerprint density at radius 1 is 1.04 bits per heavy atom. The summed E-state index contributed by atoms with van der Waals surface area (Å²) in [7, 11) is -4.23. The molecule has 4 aliphatic rings. The average molecular weight is 731 g/mol. The Morgan fingerprint density at radius 2 is 1.78 bits per heavy atom. The number of anilines is 1. The van der Waals surface area contributed by atoms with E-state index in [0.29, 0.717) is 29.3 Å². The van der Waals surface area contributed by atoms with Crippen LogP contribution in [0.3, 0.4) is 0 Å². The second-order valence-electron chi connectivity index (χ2n) is 14.2. The molecule has 3 N–H and O–H groups in total. The second-order valence-corrected chi connectivity index (χ2v) is 15.8. The molecular weight excluding hydrogens is 692 g/mol. The Hall–Kier alpha value is -4.59. The van der Waals surface area contributed by atoms with E-state index in [-0.39, 0.29) is 47.3 Å². The molecule has 3 aromatic heterocycles. The summed E-state index contributed by atoms with van der Waals surface area (Å²) in [5, 5.41) is 13.1. The van der Waals surface area contributed by atoms with Gasteiger partial charge in [-0.3, -0.25) is 0 Å². The molecule has 0 saturated heterocycles. The molecule has 4 fully saturated rings. The zero-order chi connectivity index (χ0) is 34.6. The van der Waals surface area contributed by atoms with E-state index < -0.39 is 16.0 Å². The molecular formula is C37H39ClN6O6S. The summed E-state index contributed by atoms with van der Waals surface area (Å²) in [5.41, 5.74) is 5.58. The number of benzene rings is 2. The van der Waals surface area contributed by atoms with E-state index in [4.69, 9.17) is 14.1 Å². The van der Waals surface area contributed by atoms with E-state index >= 15 is 0 Å². The highest BCUT2D eigenvalue weighted by Gasteiger charge is 2.56. The van der Waals surface area contributed by atoms with Crippen LogP contribution < -0.4 is 14.8 Å². The minimum atomic E-state index is -4.23. The molecule has 0 aliphatic heterocycles. The Kier molecular flexibility index (Phi) is 9.23. The monoisotopic (exact) mass is 730 g/mol. The molecule has 0 amide bonds. The Morgan fingerprint density at radius 3 is 2.47 bits per heavy atom. The zero-order valence-electron chi connectivity index (χ0n) is 28.3. The lowest BCUT2D eigenvalue weighted by Gasteiger charge is -2.63. The van der Waals surface area contributed by atoms with E-state index in [1.165, 1.54) is 37.5 Å². The second kappa shape index (κ2) is 13.5. The standard InChI is InChI=1S/C37H38N6O6S.ClH/c1-21-5-3-6-22(2)33(21)29-13-32(42-36(41-29)43-50(46,47)28-8-4-7-25(11-28)35(44)45)48-20-26(17-37-14-23(15-37)16-37)38-18-27-19-39-34-30(40-27)12-31(49-34)24-9-10-24;/h3-8,11-13,19,23-24,26,38H,9-10,14-18,20H2,1-2H3,(H,44,45)(H,41,42,43);1H/t23?,26-,37?;/m1./s1. The van der Waals surface area contributed by atoms with Crippen molar-refractivity contribution in [3.8, 4) is 17.1 Å². The van der Waals surface area contributed by atoms with Gasteiger partial charge < -0.3 is 19.6 Å². The number of aromatic nitrogens is 4. The molecule has 51 heavy (non-hydrogen) atoms. The van der Waals surface area contributed by atoms with Gasteiger partial charge in [0.1, 0.15) is 17.9 Å². The summed E-state index contributed by atoms with van der Waals surface area (Å²) in [6.07, 6.45) is 8.67. The first-order chi connectivity index (χ1) is 24.0. The van der Waals surface area contributed by atoms with Crippen molar-refractivity contribution in [1.29, 1.82) is 0 Å². The molecule has 5 aromatic rings. The summed E-state index contributed by atoms with van der Waals surface area (Å²) < 4.78 is 41.6. The van der Waals surface area contributed by atoms with Crippen molar-refractivity contribution < 1.29 is 27.5 Å². The maximum absolute atomic E-state index is 13.4. The molecule has 4 saturated carbocycles. The van der Waals surface area contributed by atoms with Gasteiger partial charge in [-0.15, -0.1) is 12.4 Å². The molecule has 3 heterocycles. The van der Waals surface area contributed by atoms with Gasteiger partial charge in [0.2, 0.25) is 17.5 Å². The lowest BCUT2D eigenvalue weighted by molar-refractivity contribution is -0.119. The van der Waals surface area contributed by atoms with E-state index in [1.807, 2.05) is 38.1 Å². The van der Waals surface area contributed by atoms with Gasteiger partial charge in [-0.2, -0.15) is 4.98 Å². The fourth-order valence-electron chi connectivity index (χ4n) is 7.46. The Labute approximate surface area is 301 Å². The topological polar surface area (TPSA) is 169 Å². The molecule has 4 aliphatic carbocycles. The number of sulfonamides is 1. The third kappa shape index (κ3) is 7.28. The molecule has 2 aromatic carbocycles. The number of nitrogens with zero attached hydrogens (tertiary/aromatic N) is 4. The maximum atomic E-state index is 13.4. The summed E-state index contributed by atoms with van der Waals surface area (Å²) in [6, 6.07) is 14.7. The van der Waals surface area contributed by atoms with Crippen LogP contribution >= 0.6 is 12.4 Å². The first kappa shape index (κ1) is 34.8. The number of hydrogen-bond donors (Lipinski definition) is 3. The SMILES string of the molecule is Cc1cccc(C)c1-c1cc(OC[C@@H](CC23CC(C2)C3)NCc2cnc3oc(C4CC4)cc3n2)nc(NS(=O)(=O)c2cccc(C(=O)O)c2)n1.Cl. The van der Waals surface area contributed by atoms with Crippen molar-refractivity contribution in [3.05, 3.63) is 88.9 Å². The van der Waals surface area contributed by atoms with Crippen LogP contribution in [-0.2, 0) is 16.6 Å². The fraction of sp³-hybridized carbons (Fsp3) is 0.378. The van der Waals surface area contributed by atoms with Gasteiger partial charge in [0, 0.05) is 36.2 Å². The number of furan rings is 1. The lowest BCUT2D eigenvalue weighted by Crippen LogP contribution is -2.55. The van der Waals surface area contributed by atoms with Crippen molar-refractivity contribution in [2.24, 2.45) is 11.3 Å². The van der Waals surface area contributed by atoms with Crippen LogP contribution in [0.15, 0.2) is 70.1 Å². The highest BCUT2D eigenvalue weighted by Crippen LogP contribution is 2.66. The number of nitrogens with one attached hydrogen (secondary N) is 2. The van der Waals surface area contributed by atoms with Gasteiger partial charge >= 0.3 is 5.97 Å². The number of hydrogen-bond acceptors (Lipinski definition) is 10. The quantitative estimate of drug-likeness (QED) is 0.110. The number of carboxylic acids is 1. The largest absolute Gasteiger partial charge is 0.478 e. The third-order valence-corrected chi connectivity index (χ3v) is 11.5. The van der Waals surface area contributed by atoms with Crippen LogP contribution in [-0.4, -0.2) is 52.1 Å². The first-order valence-corrected chi connectivity index (χ1v) is 18.4. The summed E-state index contributed by atoms with van der Waals surface area (Å²) in [6.45, 7) is 4.72. The highest BCUT2D eigenvalue weighted by atomic mass is 35.5. The van der Waals surface area contributed by atoms with Crippen LogP contribution in [0.5, 0.6) is 5.88 Å². The maximum Gasteiger partial charge on any atom is 0.335 e. The minimum Gasteiger partial charge on any atom is -0.478 e. The highest BCUT2D eigenvalue weighted by molar-refractivity contribution is 7.92. The van der Waals surface area contributed by atoms with Crippen LogP contribution in [0, 0.1) is 25.2 Å². The van der Waals surface area contributed by atoms with E-state index in [0.717, 1.165) is 64.9 Å². The predicted octanol–water partition coefficient (Wildman–Crippen LogP) is 6.82. The number of fused-ring (bicyclic) bond motifs is 1. The van der Waals surface area contributed by atoms with Gasteiger partial charge in [0.25, 0.3) is 10.0 Å². The Bertz CT molecular complexity index is 2200. The fourth-order valence-corrected chi connectivity index (χ4v) is 8.44. The van der Waals surface area contributed by atoms with E-state index in [2.05, 4.69) is 25.0 Å². The van der Waals surface area contributed by atoms with E-state index in [9.17, 15) is 18.3 Å². The first-order valence-electron chi connectivity index (χ1n) is 17.0. The van der Waals surface area contributed by atoms with Crippen molar-refractivity contribution >= 4 is 45.6 Å². The number of halogens is 1. The van der Waals surface area contributed by atoms with Crippen LogP contribution in [0.25, 0.3) is 22.5 Å². The van der Waals surface area contributed by atoms with Crippen LogP contribution in [0.1, 0.15) is 77.4 Å². The number of ether oxygens (including phenoxy) is 1. The molecule has 12 nitrogen and oxygen atoms in total. The van der Waals surface area contributed by atoms with Crippen LogP contribution in [0.4, 0.5) is 5.95 Å². The van der Waals surface area contributed by atoms with Gasteiger partial charge in [-0.05, 0) is 93.0 Å². The predicted molar refractivity (Wildman–Crippen MR) is 193 cm³/mol. The minimum absolute atomic E-state index is 0. The molecule has 1 atom stereocenters. The molecule has 266 valence electrons. The van der Waals surface area contributed by atoms with Crippen molar-refractivity contribution in [2.45, 2.75) is 75.8 Å². The lowest BCUT2D eigenvalue weighted by atomic mass is 9.43. The van der Waals surface area contributed by atoms with Crippen molar-refractivity contribution in [2.75, 3.05) is 11.3 Å². The normalized spacial score (nSPS) is 19.8. The summed E-state index contributed by atoms with van der Waals surface area (Å²) in [5.74, 6) is 1.08. The summed E-state index contributed by atoms with van der Waals surface area (Å²) in [4.78, 5) is 29.7. The van der Waals surface area contributed by atoms with Gasteiger partial charge in [0.05, 0.1) is 28.0 Å². The van der Waals surface area contributed by atoms with Gasteiger partial charge in [-0.1, -0.05) is 24.3 Å². The summed E-state index contributed by atoms with van der Waals surface area (Å²) >= 11 is 0. The van der Waals surface area contributed by atoms with E-state index in [1.54, 1.807) is 12.3 Å². The molecule has 2 bridgehead atoms.